The van der Waals surface area contributed by atoms with Crippen LogP contribution in [0.4, 0.5) is 0 Å². The number of rotatable bonds is 0. The van der Waals surface area contributed by atoms with Crippen molar-refractivity contribution in [3.63, 3.8) is 0 Å². The smallest absolute Gasteiger partial charge is 0.117 e. The largest absolute Gasteiger partial charge is 0.470 e. The van der Waals surface area contributed by atoms with Crippen molar-refractivity contribution in [1.82, 2.24) is 4.98 Å². The zero-order valence-corrected chi connectivity index (χ0v) is 11.6. The van der Waals surface area contributed by atoms with Gasteiger partial charge in [-0.1, -0.05) is 41.5 Å². The van der Waals surface area contributed by atoms with Gasteiger partial charge in [0.2, 0.25) is 0 Å². The molecule has 0 aliphatic heterocycles. The van der Waals surface area contributed by atoms with Gasteiger partial charge in [-0.25, -0.2) is 4.98 Å². The number of hydrogen-bond donors (Lipinski definition) is 0. The number of furan rings is 1. The highest BCUT2D eigenvalue weighted by Gasteiger charge is 2.27. The topological polar surface area (TPSA) is 26.0 Å². The predicted octanol–water partition coefficient (Wildman–Crippen LogP) is 4.42. The van der Waals surface area contributed by atoms with E-state index in [1.807, 2.05) is 0 Å². The van der Waals surface area contributed by atoms with Gasteiger partial charge in [-0.05, 0) is 17.0 Å². The summed E-state index contributed by atoms with van der Waals surface area (Å²) >= 11 is 0. The van der Waals surface area contributed by atoms with Crippen LogP contribution in [0.25, 0.3) is 10.9 Å². The predicted molar refractivity (Wildman–Crippen MR) is 71.4 cm³/mol. The second kappa shape index (κ2) is 3.59. The van der Waals surface area contributed by atoms with Gasteiger partial charge in [0.15, 0.2) is 0 Å². The molecule has 0 aliphatic rings. The van der Waals surface area contributed by atoms with E-state index in [9.17, 15) is 0 Å². The van der Waals surface area contributed by atoms with Gasteiger partial charge in [0.1, 0.15) is 11.8 Å². The SMILES string of the molecule is CC(C)(C)c1cc2cocc2nc1C(C)(C)C. The molecule has 0 fully saturated rings. The van der Waals surface area contributed by atoms with Gasteiger partial charge in [-0.15, -0.1) is 0 Å². The average molecular weight is 231 g/mol. The van der Waals surface area contributed by atoms with Crippen molar-refractivity contribution in [3.05, 3.63) is 29.9 Å². The first-order valence-electron chi connectivity index (χ1n) is 6.07. The highest BCUT2D eigenvalue weighted by Crippen LogP contribution is 2.34. The first-order chi connectivity index (χ1) is 7.69. The second-order valence-corrected chi connectivity index (χ2v) is 6.73. The Morgan fingerprint density at radius 3 is 2.12 bits per heavy atom. The van der Waals surface area contributed by atoms with Crippen LogP contribution in [0.1, 0.15) is 52.8 Å². The standard InChI is InChI=1S/C15H21NO/c1-14(2,3)11-7-10-8-17-9-12(10)16-13(11)15(4,5)6/h7-9H,1-6H3. The first-order valence-corrected chi connectivity index (χ1v) is 6.07. The average Bonchev–Trinajstić information content (AvgIpc) is 2.59. The quantitative estimate of drug-likeness (QED) is 0.670. The summed E-state index contributed by atoms with van der Waals surface area (Å²) in [6.07, 6.45) is 3.49. The van der Waals surface area contributed by atoms with Gasteiger partial charge in [0.25, 0.3) is 0 Å². The Balaban J connectivity index is 2.78. The highest BCUT2D eigenvalue weighted by atomic mass is 16.3. The molecule has 0 unspecified atom stereocenters. The lowest BCUT2D eigenvalue weighted by Crippen LogP contribution is -2.23. The molecule has 2 nitrogen and oxygen atoms in total. The molecule has 0 saturated carbocycles. The summed E-state index contributed by atoms with van der Waals surface area (Å²) in [5.41, 5.74) is 3.57. The van der Waals surface area contributed by atoms with E-state index in [2.05, 4.69) is 47.6 Å². The van der Waals surface area contributed by atoms with Crippen LogP contribution in [0.2, 0.25) is 0 Å². The molecule has 2 aromatic heterocycles. The van der Waals surface area contributed by atoms with Crippen molar-refractivity contribution in [1.29, 1.82) is 0 Å². The molecule has 2 aromatic rings. The highest BCUT2D eigenvalue weighted by molar-refractivity contribution is 5.78. The van der Waals surface area contributed by atoms with E-state index in [0.29, 0.717) is 0 Å². The fourth-order valence-corrected chi connectivity index (χ4v) is 2.05. The maximum absolute atomic E-state index is 5.24. The van der Waals surface area contributed by atoms with Crippen LogP contribution in [0.5, 0.6) is 0 Å². The Kier molecular flexibility index (Phi) is 2.57. The molecule has 17 heavy (non-hydrogen) atoms. The lowest BCUT2D eigenvalue weighted by molar-refractivity contribution is 0.516. The molecule has 0 spiro atoms. The number of aromatic nitrogens is 1. The van der Waals surface area contributed by atoms with Crippen molar-refractivity contribution in [2.75, 3.05) is 0 Å². The van der Waals surface area contributed by atoms with Crippen molar-refractivity contribution < 1.29 is 4.42 Å². The van der Waals surface area contributed by atoms with E-state index in [0.717, 1.165) is 10.9 Å². The molecule has 0 N–H and O–H groups in total. The molecule has 2 heteroatoms. The molecule has 0 amide bonds. The van der Waals surface area contributed by atoms with Crippen molar-refractivity contribution in [2.45, 2.75) is 52.4 Å². The number of pyridine rings is 1. The molecule has 0 bridgehead atoms. The van der Waals surface area contributed by atoms with Crippen LogP contribution >= 0.6 is 0 Å². The molecule has 92 valence electrons. The maximum atomic E-state index is 5.24. The molecule has 2 heterocycles. The molecule has 0 radical (unpaired) electrons. The molecule has 0 aromatic carbocycles. The molecular formula is C15H21NO. The van der Waals surface area contributed by atoms with E-state index in [1.54, 1.807) is 12.5 Å². The van der Waals surface area contributed by atoms with Crippen LogP contribution in [0, 0.1) is 0 Å². The number of hydrogen-bond acceptors (Lipinski definition) is 2. The van der Waals surface area contributed by atoms with Crippen LogP contribution in [0.3, 0.4) is 0 Å². The summed E-state index contributed by atoms with van der Waals surface area (Å²) in [6.45, 7) is 13.3. The summed E-state index contributed by atoms with van der Waals surface area (Å²) in [6, 6.07) is 2.21. The van der Waals surface area contributed by atoms with Crippen LogP contribution < -0.4 is 0 Å². The first kappa shape index (κ1) is 12.2. The summed E-state index contributed by atoms with van der Waals surface area (Å²) < 4.78 is 5.24. The lowest BCUT2D eigenvalue weighted by atomic mass is 9.78. The summed E-state index contributed by atoms with van der Waals surface area (Å²) in [4.78, 5) is 4.78. The van der Waals surface area contributed by atoms with Gasteiger partial charge in [0.05, 0.1) is 12.0 Å². The Morgan fingerprint density at radius 1 is 0.941 bits per heavy atom. The van der Waals surface area contributed by atoms with E-state index < -0.39 is 0 Å². The number of nitrogens with zero attached hydrogens (tertiary/aromatic N) is 1. The lowest BCUT2D eigenvalue weighted by Gasteiger charge is -2.28. The Labute approximate surface area is 103 Å². The summed E-state index contributed by atoms with van der Waals surface area (Å²) in [7, 11) is 0. The molecule has 0 atom stereocenters. The normalized spacial score (nSPS) is 13.3. The summed E-state index contributed by atoms with van der Waals surface area (Å²) in [5, 5.41) is 1.09. The van der Waals surface area contributed by atoms with Gasteiger partial charge in [-0.3, -0.25) is 0 Å². The van der Waals surface area contributed by atoms with Crippen LogP contribution in [0.15, 0.2) is 23.0 Å². The third kappa shape index (κ3) is 2.21. The third-order valence-electron chi connectivity index (χ3n) is 2.98. The van der Waals surface area contributed by atoms with Crippen molar-refractivity contribution in [3.8, 4) is 0 Å². The van der Waals surface area contributed by atoms with E-state index >= 15 is 0 Å². The fourth-order valence-electron chi connectivity index (χ4n) is 2.05. The minimum atomic E-state index is 0.0497. The second-order valence-electron chi connectivity index (χ2n) is 6.73. The van der Waals surface area contributed by atoms with Gasteiger partial charge >= 0.3 is 0 Å². The van der Waals surface area contributed by atoms with Gasteiger partial charge in [0, 0.05) is 10.8 Å². The Morgan fingerprint density at radius 2 is 1.59 bits per heavy atom. The van der Waals surface area contributed by atoms with E-state index in [1.165, 1.54) is 11.3 Å². The molecule has 2 rings (SSSR count). The minimum absolute atomic E-state index is 0.0497. The number of fused-ring (bicyclic) bond motifs is 1. The summed E-state index contributed by atoms with van der Waals surface area (Å²) in [5.74, 6) is 0. The Bertz CT molecular complexity index is 490. The minimum Gasteiger partial charge on any atom is -0.470 e. The third-order valence-corrected chi connectivity index (χ3v) is 2.98. The fraction of sp³-hybridized carbons (Fsp3) is 0.533. The van der Waals surface area contributed by atoms with Crippen molar-refractivity contribution >= 4 is 10.9 Å². The maximum Gasteiger partial charge on any atom is 0.117 e. The van der Waals surface area contributed by atoms with Gasteiger partial charge < -0.3 is 4.42 Å². The monoisotopic (exact) mass is 231 g/mol. The molecule has 0 saturated heterocycles. The molecule has 0 aliphatic carbocycles. The van der Waals surface area contributed by atoms with Crippen molar-refractivity contribution in [2.24, 2.45) is 0 Å². The van der Waals surface area contributed by atoms with Crippen LogP contribution in [-0.4, -0.2) is 4.98 Å². The zero-order chi connectivity index (χ0) is 12.8. The van der Waals surface area contributed by atoms with E-state index in [4.69, 9.17) is 9.40 Å². The molecular weight excluding hydrogens is 210 g/mol. The van der Waals surface area contributed by atoms with Gasteiger partial charge in [-0.2, -0.15) is 0 Å². The zero-order valence-electron chi connectivity index (χ0n) is 11.6. The Hall–Kier alpha value is -1.31. The van der Waals surface area contributed by atoms with Crippen LogP contribution in [-0.2, 0) is 10.8 Å². The van der Waals surface area contributed by atoms with E-state index in [-0.39, 0.29) is 10.8 Å².